The standard InChI is InChI=1S/C15H16N2O/c1-12-15(6-7-18-12)11-17(2)10-14-5-3-4-13(8-14)9-16/h3-8H,10-11H2,1-2H3. The van der Waals surface area contributed by atoms with Gasteiger partial charge in [-0.15, -0.1) is 0 Å². The Balaban J connectivity index is 2.01. The summed E-state index contributed by atoms with van der Waals surface area (Å²) >= 11 is 0. The van der Waals surface area contributed by atoms with Crippen LogP contribution < -0.4 is 0 Å². The predicted octanol–water partition coefficient (Wildman–Crippen LogP) is 3.09. The van der Waals surface area contributed by atoms with Gasteiger partial charge in [-0.2, -0.15) is 5.26 Å². The molecule has 0 atom stereocenters. The Labute approximate surface area is 107 Å². The van der Waals surface area contributed by atoms with Crippen LogP contribution in [0.25, 0.3) is 0 Å². The van der Waals surface area contributed by atoms with Crippen LogP contribution in [0.3, 0.4) is 0 Å². The highest BCUT2D eigenvalue weighted by Gasteiger charge is 2.06. The molecule has 2 aromatic rings. The first kappa shape index (κ1) is 12.4. The first-order valence-corrected chi connectivity index (χ1v) is 5.89. The average molecular weight is 240 g/mol. The van der Waals surface area contributed by atoms with E-state index < -0.39 is 0 Å². The van der Waals surface area contributed by atoms with Gasteiger partial charge in [0.25, 0.3) is 0 Å². The molecular weight excluding hydrogens is 224 g/mol. The summed E-state index contributed by atoms with van der Waals surface area (Å²) in [4.78, 5) is 2.20. The summed E-state index contributed by atoms with van der Waals surface area (Å²) in [6.07, 6.45) is 1.72. The largest absolute Gasteiger partial charge is 0.469 e. The van der Waals surface area contributed by atoms with Crippen LogP contribution in [-0.4, -0.2) is 11.9 Å². The molecule has 0 saturated carbocycles. The normalized spacial score (nSPS) is 10.6. The maximum atomic E-state index is 8.86. The fraction of sp³-hybridized carbons (Fsp3) is 0.267. The third-order valence-corrected chi connectivity index (χ3v) is 2.92. The third-order valence-electron chi connectivity index (χ3n) is 2.92. The molecule has 2 rings (SSSR count). The van der Waals surface area contributed by atoms with E-state index in [1.807, 2.05) is 37.3 Å². The van der Waals surface area contributed by atoms with Gasteiger partial charge in [0.05, 0.1) is 17.9 Å². The SMILES string of the molecule is Cc1occc1CN(C)Cc1cccc(C#N)c1. The smallest absolute Gasteiger partial charge is 0.105 e. The lowest BCUT2D eigenvalue weighted by molar-refractivity contribution is 0.316. The molecule has 3 nitrogen and oxygen atoms in total. The van der Waals surface area contributed by atoms with E-state index in [1.54, 1.807) is 6.26 Å². The Bertz CT molecular complexity index is 566. The summed E-state index contributed by atoms with van der Waals surface area (Å²) in [6.45, 7) is 3.64. The third kappa shape index (κ3) is 2.99. The van der Waals surface area contributed by atoms with Gasteiger partial charge in [-0.3, -0.25) is 4.90 Å². The monoisotopic (exact) mass is 240 g/mol. The number of furan rings is 1. The molecule has 0 aliphatic rings. The van der Waals surface area contributed by atoms with Gasteiger partial charge >= 0.3 is 0 Å². The van der Waals surface area contributed by atoms with Gasteiger partial charge in [-0.1, -0.05) is 12.1 Å². The van der Waals surface area contributed by atoms with Crippen molar-refractivity contribution in [2.75, 3.05) is 7.05 Å². The minimum Gasteiger partial charge on any atom is -0.469 e. The minimum absolute atomic E-state index is 0.709. The van der Waals surface area contributed by atoms with E-state index in [0.717, 1.165) is 24.4 Å². The zero-order valence-corrected chi connectivity index (χ0v) is 10.7. The van der Waals surface area contributed by atoms with E-state index in [0.29, 0.717) is 5.56 Å². The Kier molecular flexibility index (Phi) is 3.81. The first-order chi connectivity index (χ1) is 8.69. The molecule has 0 aliphatic carbocycles. The summed E-state index contributed by atoms with van der Waals surface area (Å²) in [7, 11) is 2.06. The van der Waals surface area contributed by atoms with Gasteiger partial charge in [-0.05, 0) is 37.7 Å². The molecule has 0 bridgehead atoms. The van der Waals surface area contributed by atoms with Crippen molar-refractivity contribution in [2.24, 2.45) is 0 Å². The molecule has 0 aliphatic heterocycles. The molecule has 0 radical (unpaired) electrons. The van der Waals surface area contributed by atoms with Crippen LogP contribution in [-0.2, 0) is 13.1 Å². The van der Waals surface area contributed by atoms with Crippen molar-refractivity contribution in [3.63, 3.8) is 0 Å². The van der Waals surface area contributed by atoms with Gasteiger partial charge in [0.2, 0.25) is 0 Å². The molecule has 0 unspecified atom stereocenters. The van der Waals surface area contributed by atoms with Crippen molar-refractivity contribution >= 4 is 0 Å². The Hall–Kier alpha value is -2.05. The summed E-state index contributed by atoms with van der Waals surface area (Å²) < 4.78 is 5.28. The molecule has 0 N–H and O–H groups in total. The first-order valence-electron chi connectivity index (χ1n) is 5.89. The lowest BCUT2D eigenvalue weighted by atomic mass is 10.1. The molecule has 1 heterocycles. The van der Waals surface area contributed by atoms with E-state index in [1.165, 1.54) is 5.56 Å². The van der Waals surface area contributed by atoms with Crippen molar-refractivity contribution in [1.82, 2.24) is 4.90 Å². The molecule has 0 fully saturated rings. The highest BCUT2D eigenvalue weighted by atomic mass is 16.3. The Morgan fingerprint density at radius 2 is 2.11 bits per heavy atom. The molecular formula is C15H16N2O. The fourth-order valence-corrected chi connectivity index (χ4v) is 1.97. The summed E-state index contributed by atoms with van der Waals surface area (Å²) in [5.41, 5.74) is 3.06. The molecule has 18 heavy (non-hydrogen) atoms. The van der Waals surface area contributed by atoms with Gasteiger partial charge in [0, 0.05) is 18.7 Å². The van der Waals surface area contributed by atoms with Gasteiger partial charge in [0.1, 0.15) is 5.76 Å². The van der Waals surface area contributed by atoms with Crippen LogP contribution in [0.2, 0.25) is 0 Å². The molecule has 92 valence electrons. The molecule has 1 aromatic heterocycles. The maximum absolute atomic E-state index is 8.86. The highest BCUT2D eigenvalue weighted by molar-refractivity contribution is 5.32. The predicted molar refractivity (Wildman–Crippen MR) is 69.8 cm³/mol. The number of hydrogen-bond donors (Lipinski definition) is 0. The van der Waals surface area contributed by atoms with Crippen LogP contribution in [0.1, 0.15) is 22.5 Å². The fourth-order valence-electron chi connectivity index (χ4n) is 1.97. The van der Waals surface area contributed by atoms with Crippen LogP contribution in [0.5, 0.6) is 0 Å². The van der Waals surface area contributed by atoms with Crippen molar-refractivity contribution in [2.45, 2.75) is 20.0 Å². The van der Waals surface area contributed by atoms with Gasteiger partial charge in [-0.25, -0.2) is 0 Å². The van der Waals surface area contributed by atoms with E-state index in [2.05, 4.69) is 18.0 Å². The second-order valence-electron chi connectivity index (χ2n) is 4.49. The van der Waals surface area contributed by atoms with Crippen molar-refractivity contribution in [1.29, 1.82) is 5.26 Å². The second kappa shape index (κ2) is 5.52. The molecule has 3 heteroatoms. The Morgan fingerprint density at radius 3 is 2.78 bits per heavy atom. The van der Waals surface area contributed by atoms with Crippen LogP contribution >= 0.6 is 0 Å². The number of hydrogen-bond acceptors (Lipinski definition) is 3. The summed E-state index contributed by atoms with van der Waals surface area (Å²) in [5, 5.41) is 8.86. The lowest BCUT2D eigenvalue weighted by Gasteiger charge is -2.16. The quantitative estimate of drug-likeness (QED) is 0.824. The number of aryl methyl sites for hydroxylation is 1. The maximum Gasteiger partial charge on any atom is 0.105 e. The zero-order chi connectivity index (χ0) is 13.0. The molecule has 0 saturated heterocycles. The van der Waals surface area contributed by atoms with Crippen molar-refractivity contribution in [3.05, 3.63) is 59.0 Å². The highest BCUT2D eigenvalue weighted by Crippen LogP contribution is 2.13. The van der Waals surface area contributed by atoms with E-state index >= 15 is 0 Å². The van der Waals surface area contributed by atoms with E-state index in [9.17, 15) is 0 Å². The summed E-state index contributed by atoms with van der Waals surface area (Å²) in [6, 6.07) is 11.9. The number of rotatable bonds is 4. The van der Waals surface area contributed by atoms with Gasteiger partial charge in [0.15, 0.2) is 0 Å². The molecule has 0 amide bonds. The van der Waals surface area contributed by atoms with Crippen LogP contribution in [0.4, 0.5) is 0 Å². The van der Waals surface area contributed by atoms with E-state index in [-0.39, 0.29) is 0 Å². The summed E-state index contributed by atoms with van der Waals surface area (Å²) in [5.74, 6) is 0.965. The molecule has 0 spiro atoms. The number of nitriles is 1. The minimum atomic E-state index is 0.709. The Morgan fingerprint density at radius 1 is 1.28 bits per heavy atom. The topological polar surface area (TPSA) is 40.2 Å². The lowest BCUT2D eigenvalue weighted by Crippen LogP contribution is -2.17. The van der Waals surface area contributed by atoms with Crippen molar-refractivity contribution < 1.29 is 4.42 Å². The van der Waals surface area contributed by atoms with Crippen LogP contribution in [0, 0.1) is 18.3 Å². The average Bonchev–Trinajstić information content (AvgIpc) is 2.75. The second-order valence-corrected chi connectivity index (χ2v) is 4.49. The molecule has 1 aromatic carbocycles. The number of nitrogens with zero attached hydrogens (tertiary/aromatic N) is 2. The van der Waals surface area contributed by atoms with E-state index in [4.69, 9.17) is 9.68 Å². The van der Waals surface area contributed by atoms with Crippen LogP contribution in [0.15, 0.2) is 41.0 Å². The zero-order valence-electron chi connectivity index (χ0n) is 10.7. The van der Waals surface area contributed by atoms with Crippen molar-refractivity contribution in [3.8, 4) is 6.07 Å². The number of benzene rings is 1. The van der Waals surface area contributed by atoms with Gasteiger partial charge < -0.3 is 4.42 Å².